The average Bonchev–Trinajstić information content (AvgIpc) is 2.46. The minimum atomic E-state index is 0.552. The molecule has 1 saturated heterocycles. The molecule has 3 heteroatoms. The SMILES string of the molecule is Cc1ccc(C(C)C)cc1OCCC[NH+]1CCOCC1. The van der Waals surface area contributed by atoms with Crippen molar-refractivity contribution in [3.05, 3.63) is 29.3 Å². The second-order valence-electron chi connectivity index (χ2n) is 5.99. The lowest BCUT2D eigenvalue weighted by atomic mass is 10.0. The summed E-state index contributed by atoms with van der Waals surface area (Å²) in [5.41, 5.74) is 2.58. The Morgan fingerprint density at radius 3 is 2.70 bits per heavy atom. The predicted molar refractivity (Wildman–Crippen MR) is 81.8 cm³/mol. The first kappa shape index (κ1) is 15.3. The third kappa shape index (κ3) is 4.50. The first-order chi connectivity index (χ1) is 9.66. The van der Waals surface area contributed by atoms with Gasteiger partial charge >= 0.3 is 0 Å². The van der Waals surface area contributed by atoms with E-state index in [-0.39, 0.29) is 0 Å². The van der Waals surface area contributed by atoms with Crippen molar-refractivity contribution < 1.29 is 14.4 Å². The average molecular weight is 278 g/mol. The highest BCUT2D eigenvalue weighted by atomic mass is 16.5. The second kappa shape index (κ2) is 7.65. The van der Waals surface area contributed by atoms with Gasteiger partial charge < -0.3 is 14.4 Å². The predicted octanol–water partition coefficient (Wildman–Crippen LogP) is 1.80. The molecule has 1 aromatic carbocycles. The van der Waals surface area contributed by atoms with Crippen LogP contribution in [0.25, 0.3) is 0 Å². The van der Waals surface area contributed by atoms with E-state index in [1.54, 1.807) is 4.90 Å². The zero-order chi connectivity index (χ0) is 14.4. The van der Waals surface area contributed by atoms with Crippen molar-refractivity contribution in [3.8, 4) is 5.75 Å². The lowest BCUT2D eigenvalue weighted by Crippen LogP contribution is -3.14. The van der Waals surface area contributed by atoms with E-state index in [0.717, 1.165) is 45.1 Å². The van der Waals surface area contributed by atoms with Crippen molar-refractivity contribution in [1.82, 2.24) is 0 Å². The van der Waals surface area contributed by atoms with E-state index in [0.29, 0.717) is 5.92 Å². The fourth-order valence-electron chi connectivity index (χ4n) is 2.55. The van der Waals surface area contributed by atoms with Crippen molar-refractivity contribution in [2.24, 2.45) is 0 Å². The zero-order valence-electron chi connectivity index (χ0n) is 13.1. The first-order valence-corrected chi connectivity index (χ1v) is 7.81. The molecule has 2 rings (SSSR count). The molecule has 1 fully saturated rings. The number of morpholine rings is 1. The highest BCUT2D eigenvalue weighted by Gasteiger charge is 2.13. The molecule has 1 heterocycles. The summed E-state index contributed by atoms with van der Waals surface area (Å²) in [7, 11) is 0. The molecule has 0 aromatic heterocycles. The molecule has 1 aliphatic rings. The van der Waals surface area contributed by atoms with E-state index in [2.05, 4.69) is 39.0 Å². The molecule has 0 amide bonds. The third-order valence-corrected chi connectivity index (χ3v) is 4.01. The van der Waals surface area contributed by atoms with Gasteiger partial charge in [0.25, 0.3) is 0 Å². The van der Waals surface area contributed by atoms with Crippen LogP contribution in [0, 0.1) is 6.92 Å². The molecule has 20 heavy (non-hydrogen) atoms. The molecule has 0 bridgehead atoms. The van der Waals surface area contributed by atoms with Gasteiger partial charge in [0, 0.05) is 6.42 Å². The zero-order valence-corrected chi connectivity index (χ0v) is 13.1. The number of quaternary nitrogens is 1. The van der Waals surface area contributed by atoms with Crippen LogP contribution in [-0.2, 0) is 4.74 Å². The topological polar surface area (TPSA) is 22.9 Å². The lowest BCUT2D eigenvalue weighted by molar-refractivity contribution is -0.908. The quantitative estimate of drug-likeness (QED) is 0.802. The Balaban J connectivity index is 1.77. The summed E-state index contributed by atoms with van der Waals surface area (Å²) in [6, 6.07) is 6.56. The molecule has 1 aromatic rings. The minimum Gasteiger partial charge on any atom is -0.493 e. The monoisotopic (exact) mass is 278 g/mol. The molecule has 0 unspecified atom stereocenters. The normalized spacial score (nSPS) is 16.6. The number of nitrogens with one attached hydrogen (secondary N) is 1. The number of aryl methyl sites for hydroxylation is 1. The Hall–Kier alpha value is -1.06. The molecular formula is C17H28NO2+. The molecule has 1 aliphatic heterocycles. The third-order valence-electron chi connectivity index (χ3n) is 4.01. The van der Waals surface area contributed by atoms with Gasteiger partial charge in [-0.05, 0) is 30.0 Å². The Bertz CT molecular complexity index is 411. The van der Waals surface area contributed by atoms with Crippen molar-refractivity contribution >= 4 is 0 Å². The number of hydrogen-bond donors (Lipinski definition) is 1. The van der Waals surface area contributed by atoms with Gasteiger partial charge in [-0.2, -0.15) is 0 Å². The largest absolute Gasteiger partial charge is 0.493 e. The molecule has 0 atom stereocenters. The molecule has 0 radical (unpaired) electrons. The summed E-state index contributed by atoms with van der Waals surface area (Å²) in [6.07, 6.45) is 1.11. The fourth-order valence-corrected chi connectivity index (χ4v) is 2.55. The van der Waals surface area contributed by atoms with Crippen LogP contribution in [0.5, 0.6) is 5.75 Å². The van der Waals surface area contributed by atoms with Gasteiger partial charge in [0.05, 0.1) is 26.4 Å². The van der Waals surface area contributed by atoms with Crippen LogP contribution in [-0.4, -0.2) is 39.5 Å². The van der Waals surface area contributed by atoms with Gasteiger partial charge in [0.15, 0.2) is 0 Å². The van der Waals surface area contributed by atoms with E-state index in [1.165, 1.54) is 17.7 Å². The van der Waals surface area contributed by atoms with Gasteiger partial charge in [-0.25, -0.2) is 0 Å². The fraction of sp³-hybridized carbons (Fsp3) is 0.647. The summed E-state index contributed by atoms with van der Waals surface area (Å²) in [5, 5.41) is 0. The number of hydrogen-bond acceptors (Lipinski definition) is 2. The molecule has 3 nitrogen and oxygen atoms in total. The van der Waals surface area contributed by atoms with Crippen LogP contribution in [0.3, 0.4) is 0 Å². The van der Waals surface area contributed by atoms with Gasteiger partial charge in [-0.3, -0.25) is 0 Å². The standard InChI is InChI=1S/C17H27NO2/c1-14(2)16-6-5-15(3)17(13-16)20-10-4-7-18-8-11-19-12-9-18/h5-6,13-14H,4,7-12H2,1-3H3/p+1. The molecule has 0 spiro atoms. The number of ether oxygens (including phenoxy) is 2. The van der Waals surface area contributed by atoms with Gasteiger partial charge in [-0.15, -0.1) is 0 Å². The highest BCUT2D eigenvalue weighted by molar-refractivity contribution is 5.37. The summed E-state index contributed by atoms with van der Waals surface area (Å²) in [5.74, 6) is 1.60. The van der Waals surface area contributed by atoms with E-state index in [4.69, 9.17) is 9.47 Å². The van der Waals surface area contributed by atoms with Crippen LogP contribution in [0.15, 0.2) is 18.2 Å². The molecule has 0 aliphatic carbocycles. The molecule has 112 valence electrons. The Morgan fingerprint density at radius 1 is 1.25 bits per heavy atom. The minimum absolute atomic E-state index is 0.552. The van der Waals surface area contributed by atoms with E-state index in [1.807, 2.05) is 0 Å². The van der Waals surface area contributed by atoms with E-state index >= 15 is 0 Å². The number of rotatable bonds is 6. The maximum atomic E-state index is 5.97. The maximum absolute atomic E-state index is 5.97. The van der Waals surface area contributed by atoms with Gasteiger partial charge in [-0.1, -0.05) is 26.0 Å². The summed E-state index contributed by atoms with van der Waals surface area (Å²) in [4.78, 5) is 1.65. The van der Waals surface area contributed by atoms with Crippen LogP contribution in [0.2, 0.25) is 0 Å². The van der Waals surface area contributed by atoms with Crippen LogP contribution in [0.1, 0.15) is 37.3 Å². The maximum Gasteiger partial charge on any atom is 0.122 e. The summed E-state index contributed by atoms with van der Waals surface area (Å²) < 4.78 is 11.3. The van der Waals surface area contributed by atoms with Crippen molar-refractivity contribution in [2.75, 3.05) is 39.5 Å². The van der Waals surface area contributed by atoms with Crippen molar-refractivity contribution in [1.29, 1.82) is 0 Å². The van der Waals surface area contributed by atoms with Gasteiger partial charge in [0.2, 0.25) is 0 Å². The summed E-state index contributed by atoms with van der Waals surface area (Å²) in [6.45, 7) is 12.7. The smallest absolute Gasteiger partial charge is 0.122 e. The Kier molecular flexibility index (Phi) is 5.86. The van der Waals surface area contributed by atoms with Gasteiger partial charge in [0.1, 0.15) is 18.8 Å². The van der Waals surface area contributed by atoms with E-state index in [9.17, 15) is 0 Å². The van der Waals surface area contributed by atoms with Crippen LogP contribution in [0.4, 0.5) is 0 Å². The second-order valence-corrected chi connectivity index (χ2v) is 5.99. The van der Waals surface area contributed by atoms with Crippen LogP contribution >= 0.6 is 0 Å². The van der Waals surface area contributed by atoms with E-state index < -0.39 is 0 Å². The first-order valence-electron chi connectivity index (χ1n) is 7.81. The van der Waals surface area contributed by atoms with Crippen molar-refractivity contribution in [3.63, 3.8) is 0 Å². The summed E-state index contributed by atoms with van der Waals surface area (Å²) >= 11 is 0. The Labute approximate surface area is 122 Å². The molecule has 1 N–H and O–H groups in total. The molecule has 0 saturated carbocycles. The lowest BCUT2D eigenvalue weighted by Gasteiger charge is -2.23. The molecular weight excluding hydrogens is 250 g/mol. The number of benzene rings is 1. The van der Waals surface area contributed by atoms with Crippen LogP contribution < -0.4 is 9.64 Å². The Morgan fingerprint density at radius 2 is 2.00 bits per heavy atom. The van der Waals surface area contributed by atoms with Crippen molar-refractivity contribution in [2.45, 2.75) is 33.1 Å². The highest BCUT2D eigenvalue weighted by Crippen LogP contribution is 2.24.